The lowest BCUT2D eigenvalue weighted by Crippen LogP contribution is -1.90. The number of hydrogen-bond acceptors (Lipinski definition) is 0. The smallest absolute Gasteiger partial charge is 0.0406 e. The Hall–Kier alpha value is -10.2. The quantitative estimate of drug-likeness (QED) is 0.122. The van der Waals surface area contributed by atoms with Crippen molar-refractivity contribution in [2.24, 2.45) is 0 Å². The first kappa shape index (κ1) is 46.8. The lowest BCUT2D eigenvalue weighted by atomic mass is 9.86. The summed E-state index contributed by atoms with van der Waals surface area (Å²) >= 11 is 0. The molecule has 0 fully saturated rings. The molecule has 354 valence electrons. The van der Waals surface area contributed by atoms with Crippen molar-refractivity contribution >= 4 is 64.6 Å². The van der Waals surface area contributed by atoms with Crippen LogP contribution in [0.2, 0.25) is 0 Å². The van der Waals surface area contributed by atoms with Crippen LogP contribution in [0.4, 0.5) is 0 Å². The lowest BCUT2D eigenvalue weighted by molar-refractivity contribution is 1.64. The standard InChI is InChI=1S/C30H18.C26H18.C20H14/c1-3-11-23(12-4-1)19-21-29-25-15-7-9-17-27(25)30(28-18-10-8-16-26(28)29)22-20-24-13-5-2-6-14-24;1-3-11-19(12-4-1)25-21-15-7-9-17-23(21)26(20-13-5-2-6-14-20)24-18-10-8-16-22(24)25;1-2-8-15(9-3-1)20-18-12-6-4-10-16(18)14-17-11-5-7-13-19(17)20/h1-18H;1-18H;1-14H. The van der Waals surface area contributed by atoms with Gasteiger partial charge in [0.25, 0.3) is 0 Å². The number of fused-ring (bicyclic) bond motifs is 6. The van der Waals surface area contributed by atoms with Crippen molar-refractivity contribution < 1.29 is 0 Å². The second-order valence-corrected chi connectivity index (χ2v) is 18.7. The van der Waals surface area contributed by atoms with Gasteiger partial charge in [-0.05, 0) is 128 Å². The lowest BCUT2D eigenvalue weighted by Gasteiger charge is -2.17. The van der Waals surface area contributed by atoms with Crippen LogP contribution in [0, 0.1) is 23.7 Å². The van der Waals surface area contributed by atoms with Crippen LogP contribution in [0.1, 0.15) is 22.3 Å². The molecule has 0 aliphatic heterocycles. The van der Waals surface area contributed by atoms with Gasteiger partial charge < -0.3 is 0 Å². The van der Waals surface area contributed by atoms with Crippen molar-refractivity contribution in [1.29, 1.82) is 0 Å². The molecule has 0 heterocycles. The van der Waals surface area contributed by atoms with Crippen LogP contribution < -0.4 is 0 Å². The zero-order valence-corrected chi connectivity index (χ0v) is 41.9. The van der Waals surface area contributed by atoms with Crippen LogP contribution in [-0.4, -0.2) is 0 Å². The van der Waals surface area contributed by atoms with Gasteiger partial charge in [0.1, 0.15) is 0 Å². The second-order valence-electron chi connectivity index (χ2n) is 18.7. The molecule has 0 radical (unpaired) electrons. The molecule has 14 aromatic carbocycles. The van der Waals surface area contributed by atoms with Crippen molar-refractivity contribution in [3.8, 4) is 57.1 Å². The molecular weight excluding hydrogens is 913 g/mol. The van der Waals surface area contributed by atoms with Gasteiger partial charge in [-0.15, -0.1) is 0 Å². The van der Waals surface area contributed by atoms with E-state index in [1.165, 1.54) is 76.5 Å². The van der Waals surface area contributed by atoms with Crippen molar-refractivity contribution in [3.63, 3.8) is 0 Å². The zero-order chi connectivity index (χ0) is 50.9. The fourth-order valence-corrected chi connectivity index (χ4v) is 10.6. The van der Waals surface area contributed by atoms with E-state index in [-0.39, 0.29) is 0 Å². The molecule has 0 saturated carbocycles. The van der Waals surface area contributed by atoms with Gasteiger partial charge in [0.2, 0.25) is 0 Å². The summed E-state index contributed by atoms with van der Waals surface area (Å²) in [6.45, 7) is 0. The highest BCUT2D eigenvalue weighted by molar-refractivity contribution is 6.21. The maximum Gasteiger partial charge on any atom is 0.0406 e. The molecule has 0 amide bonds. The summed E-state index contributed by atoms with van der Waals surface area (Å²) < 4.78 is 0. The summed E-state index contributed by atoms with van der Waals surface area (Å²) in [5.41, 5.74) is 11.9. The first-order valence-electron chi connectivity index (χ1n) is 25.8. The van der Waals surface area contributed by atoms with Gasteiger partial charge >= 0.3 is 0 Å². The van der Waals surface area contributed by atoms with Gasteiger partial charge in [-0.3, -0.25) is 0 Å². The number of benzene rings is 14. The van der Waals surface area contributed by atoms with E-state index in [1.54, 1.807) is 0 Å². The summed E-state index contributed by atoms with van der Waals surface area (Å²) in [7, 11) is 0. The Bertz CT molecular complexity index is 4100. The molecule has 0 heteroatoms. The first-order chi connectivity index (χ1) is 37.8. The van der Waals surface area contributed by atoms with Crippen molar-refractivity contribution in [1.82, 2.24) is 0 Å². The molecule has 14 aromatic rings. The SMILES string of the molecule is C(#Cc1c2ccccc2c(C#Cc2ccccc2)c2ccccc12)c1ccccc1.c1ccc(-c2c3ccccc3c(-c3ccccc3)c3ccccc23)cc1.c1ccc(-c2c3ccccc3cc3ccccc23)cc1. The Morgan fingerprint density at radius 1 is 0.171 bits per heavy atom. The third-order valence-corrected chi connectivity index (χ3v) is 14.0. The van der Waals surface area contributed by atoms with Crippen LogP contribution >= 0.6 is 0 Å². The Kier molecular flexibility index (Phi) is 13.5. The van der Waals surface area contributed by atoms with Gasteiger partial charge in [-0.25, -0.2) is 0 Å². The first-order valence-corrected chi connectivity index (χ1v) is 25.8. The van der Waals surface area contributed by atoms with E-state index in [9.17, 15) is 0 Å². The molecule has 0 bridgehead atoms. The van der Waals surface area contributed by atoms with Gasteiger partial charge in [0.15, 0.2) is 0 Å². The van der Waals surface area contributed by atoms with E-state index in [2.05, 4.69) is 266 Å². The van der Waals surface area contributed by atoms with Gasteiger partial charge in [-0.1, -0.05) is 297 Å². The molecule has 0 spiro atoms. The highest BCUT2D eigenvalue weighted by Crippen LogP contribution is 2.43. The minimum Gasteiger partial charge on any atom is -0.0622 e. The summed E-state index contributed by atoms with van der Waals surface area (Å²) in [6.07, 6.45) is 0. The van der Waals surface area contributed by atoms with Gasteiger partial charge in [-0.2, -0.15) is 0 Å². The van der Waals surface area contributed by atoms with Crippen LogP contribution in [0.3, 0.4) is 0 Å². The molecule has 76 heavy (non-hydrogen) atoms. The molecule has 0 aromatic heterocycles. The van der Waals surface area contributed by atoms with E-state index in [0.29, 0.717) is 0 Å². The van der Waals surface area contributed by atoms with Crippen LogP contribution in [-0.2, 0) is 0 Å². The van der Waals surface area contributed by atoms with Crippen LogP contribution in [0.15, 0.2) is 303 Å². The van der Waals surface area contributed by atoms with E-state index >= 15 is 0 Å². The third-order valence-electron chi connectivity index (χ3n) is 14.0. The molecule has 14 rings (SSSR count). The van der Waals surface area contributed by atoms with E-state index < -0.39 is 0 Å². The average molecular weight is 963 g/mol. The number of rotatable bonds is 3. The van der Waals surface area contributed by atoms with E-state index in [1.807, 2.05) is 60.7 Å². The normalized spacial score (nSPS) is 10.7. The van der Waals surface area contributed by atoms with Gasteiger partial charge in [0.05, 0.1) is 0 Å². The topological polar surface area (TPSA) is 0 Å². The Labute approximate surface area is 444 Å². The van der Waals surface area contributed by atoms with Crippen LogP contribution in [0.25, 0.3) is 98.0 Å². The summed E-state index contributed by atoms with van der Waals surface area (Å²) in [4.78, 5) is 0. The van der Waals surface area contributed by atoms with E-state index in [4.69, 9.17) is 0 Å². The van der Waals surface area contributed by atoms with Gasteiger partial charge in [0, 0.05) is 22.3 Å². The Morgan fingerprint density at radius 2 is 0.395 bits per heavy atom. The van der Waals surface area contributed by atoms with E-state index in [0.717, 1.165) is 43.8 Å². The summed E-state index contributed by atoms with van der Waals surface area (Å²) in [5.74, 6) is 13.6. The summed E-state index contributed by atoms with van der Waals surface area (Å²) in [6, 6.07) is 106. The Balaban J connectivity index is 0.000000117. The third kappa shape index (κ3) is 9.60. The maximum atomic E-state index is 3.45. The van der Waals surface area contributed by atoms with Crippen LogP contribution in [0.5, 0.6) is 0 Å². The maximum absolute atomic E-state index is 3.45. The molecule has 0 saturated heterocycles. The minimum atomic E-state index is 1.01. The highest BCUT2D eigenvalue weighted by Gasteiger charge is 2.16. The van der Waals surface area contributed by atoms with Crippen molar-refractivity contribution in [3.05, 3.63) is 326 Å². The molecule has 0 nitrogen and oxygen atoms in total. The molecule has 0 atom stereocenters. The predicted octanol–water partition coefficient (Wildman–Crippen LogP) is 19.8. The Morgan fingerprint density at radius 3 is 0.697 bits per heavy atom. The molecule has 0 unspecified atom stereocenters. The average Bonchev–Trinajstić information content (AvgIpc) is 3.53. The molecule has 0 aliphatic rings. The fourth-order valence-electron chi connectivity index (χ4n) is 10.6. The predicted molar refractivity (Wildman–Crippen MR) is 326 cm³/mol. The monoisotopic (exact) mass is 962 g/mol. The zero-order valence-electron chi connectivity index (χ0n) is 41.9. The second kappa shape index (κ2) is 21.9. The highest BCUT2D eigenvalue weighted by atomic mass is 14.2. The van der Waals surface area contributed by atoms with Crippen molar-refractivity contribution in [2.45, 2.75) is 0 Å². The largest absolute Gasteiger partial charge is 0.0622 e. The number of hydrogen-bond donors (Lipinski definition) is 0. The molecule has 0 N–H and O–H groups in total. The summed E-state index contributed by atoms with van der Waals surface area (Å²) in [5, 5.41) is 15.0. The molecular formula is C76H50. The van der Waals surface area contributed by atoms with Crippen molar-refractivity contribution in [2.75, 3.05) is 0 Å². The fraction of sp³-hybridized carbons (Fsp3) is 0. The minimum absolute atomic E-state index is 1.01. The molecule has 0 aliphatic carbocycles.